The predicted molar refractivity (Wildman–Crippen MR) is 62.6 cm³/mol. The monoisotopic (exact) mass is 215 g/mol. The zero-order valence-electron chi connectivity index (χ0n) is 10.5. The Balaban J connectivity index is 3.89. The average Bonchev–Trinajstić information content (AvgIpc) is 2.23. The van der Waals surface area contributed by atoms with Crippen LogP contribution in [0.4, 0.5) is 0 Å². The molecule has 0 aliphatic heterocycles. The molecule has 0 aromatic carbocycles. The zero-order valence-corrected chi connectivity index (χ0v) is 10.5. The number of carbonyl (C=O) groups is 1. The molecule has 0 bridgehead atoms. The third kappa shape index (κ3) is 5.17. The number of carbonyl (C=O) groups excluding carboxylic acids is 1. The van der Waals surface area contributed by atoms with Gasteiger partial charge in [0, 0.05) is 25.6 Å². The maximum atomic E-state index is 11.9. The highest BCUT2D eigenvalue weighted by Crippen LogP contribution is 2.22. The molecule has 0 saturated heterocycles. The van der Waals surface area contributed by atoms with Crippen LogP contribution in [0.2, 0.25) is 0 Å². The molecule has 0 rings (SSSR count). The Bertz CT molecular complexity index is 190. The van der Waals surface area contributed by atoms with Gasteiger partial charge in [-0.2, -0.15) is 0 Å². The minimum atomic E-state index is -0.244. The molecule has 0 aliphatic rings. The summed E-state index contributed by atoms with van der Waals surface area (Å²) in [6.45, 7) is 7.05. The molecule has 1 N–H and O–H groups in total. The highest BCUT2D eigenvalue weighted by Gasteiger charge is 2.27. The second kappa shape index (κ2) is 6.83. The van der Waals surface area contributed by atoms with Gasteiger partial charge in [0.2, 0.25) is 5.91 Å². The predicted octanol–water partition coefficient (Wildman–Crippen LogP) is 2.04. The number of rotatable bonds is 7. The Morgan fingerprint density at radius 3 is 2.33 bits per heavy atom. The lowest BCUT2D eigenvalue weighted by atomic mass is 9.88. The van der Waals surface area contributed by atoms with E-state index >= 15 is 0 Å². The molecule has 0 spiro atoms. The van der Waals surface area contributed by atoms with Crippen LogP contribution in [0.25, 0.3) is 0 Å². The molecule has 0 heterocycles. The molecule has 3 nitrogen and oxygen atoms in total. The molecule has 0 saturated carbocycles. The van der Waals surface area contributed by atoms with Crippen LogP contribution >= 0.6 is 0 Å². The first-order valence-electron chi connectivity index (χ1n) is 5.82. The van der Waals surface area contributed by atoms with E-state index in [0.717, 1.165) is 32.2 Å². The maximum Gasteiger partial charge on any atom is 0.227 e. The molecule has 3 heteroatoms. The first-order chi connectivity index (χ1) is 6.95. The lowest BCUT2D eigenvalue weighted by molar-refractivity contribution is -0.139. The number of amides is 1. The van der Waals surface area contributed by atoms with Crippen LogP contribution in [-0.4, -0.2) is 36.1 Å². The summed E-state index contributed by atoms with van der Waals surface area (Å²) in [6, 6.07) is 0. The Labute approximate surface area is 93.5 Å². The van der Waals surface area contributed by atoms with Gasteiger partial charge in [0.25, 0.3) is 0 Å². The largest absolute Gasteiger partial charge is 0.396 e. The minimum absolute atomic E-state index is 0.217. The van der Waals surface area contributed by atoms with Crippen molar-refractivity contribution in [2.45, 2.75) is 46.5 Å². The molecule has 0 aliphatic carbocycles. The van der Waals surface area contributed by atoms with Crippen LogP contribution in [0.3, 0.4) is 0 Å². The number of nitrogens with zero attached hydrogens (tertiary/aromatic N) is 1. The lowest BCUT2D eigenvalue weighted by Gasteiger charge is -2.28. The normalized spacial score (nSPS) is 11.5. The van der Waals surface area contributed by atoms with Crippen LogP contribution in [0.5, 0.6) is 0 Å². The summed E-state index contributed by atoms with van der Waals surface area (Å²) in [7, 11) is 1.86. The number of hydrogen-bond acceptors (Lipinski definition) is 2. The molecule has 0 aromatic heterocycles. The Hall–Kier alpha value is -0.570. The number of aliphatic hydroxyl groups excluding tert-OH is 1. The van der Waals surface area contributed by atoms with Gasteiger partial charge in [-0.15, -0.1) is 0 Å². The van der Waals surface area contributed by atoms with Crippen molar-refractivity contribution in [3.05, 3.63) is 0 Å². The molecule has 0 unspecified atom stereocenters. The van der Waals surface area contributed by atoms with E-state index in [2.05, 4.69) is 0 Å². The van der Waals surface area contributed by atoms with E-state index in [-0.39, 0.29) is 17.9 Å². The summed E-state index contributed by atoms with van der Waals surface area (Å²) >= 11 is 0. The molecule has 0 fully saturated rings. The van der Waals surface area contributed by atoms with Crippen molar-refractivity contribution in [2.24, 2.45) is 5.41 Å². The number of aliphatic hydroxyl groups is 1. The van der Waals surface area contributed by atoms with Crippen molar-refractivity contribution in [3.63, 3.8) is 0 Å². The van der Waals surface area contributed by atoms with Crippen molar-refractivity contribution < 1.29 is 9.90 Å². The standard InChI is InChI=1S/C12H25NO2/c1-5-12(2,3)11(15)13(4)9-7-6-8-10-14/h14H,5-10H2,1-4H3. The van der Waals surface area contributed by atoms with E-state index in [1.54, 1.807) is 4.90 Å². The molecule has 15 heavy (non-hydrogen) atoms. The van der Waals surface area contributed by atoms with E-state index in [1.807, 2.05) is 27.8 Å². The first-order valence-corrected chi connectivity index (χ1v) is 5.82. The van der Waals surface area contributed by atoms with E-state index in [4.69, 9.17) is 5.11 Å². The summed E-state index contributed by atoms with van der Waals surface area (Å²) in [5, 5.41) is 8.63. The van der Waals surface area contributed by atoms with Crippen LogP contribution in [0.15, 0.2) is 0 Å². The molecular weight excluding hydrogens is 190 g/mol. The van der Waals surface area contributed by atoms with Crippen molar-refractivity contribution in [1.29, 1.82) is 0 Å². The third-order valence-electron chi connectivity index (χ3n) is 2.96. The van der Waals surface area contributed by atoms with E-state index in [1.165, 1.54) is 0 Å². The summed E-state index contributed by atoms with van der Waals surface area (Å²) in [5.74, 6) is 0.217. The van der Waals surface area contributed by atoms with Gasteiger partial charge in [0.05, 0.1) is 0 Å². The van der Waals surface area contributed by atoms with Gasteiger partial charge in [-0.25, -0.2) is 0 Å². The van der Waals surface area contributed by atoms with E-state index in [0.29, 0.717) is 0 Å². The van der Waals surface area contributed by atoms with Crippen molar-refractivity contribution >= 4 is 5.91 Å². The molecule has 0 radical (unpaired) electrons. The molecule has 0 aromatic rings. The number of hydrogen-bond donors (Lipinski definition) is 1. The molecular formula is C12H25NO2. The third-order valence-corrected chi connectivity index (χ3v) is 2.96. The fourth-order valence-corrected chi connectivity index (χ4v) is 1.41. The topological polar surface area (TPSA) is 40.5 Å². The van der Waals surface area contributed by atoms with Crippen LogP contribution in [-0.2, 0) is 4.79 Å². The van der Waals surface area contributed by atoms with Gasteiger partial charge >= 0.3 is 0 Å². The fourth-order valence-electron chi connectivity index (χ4n) is 1.41. The summed E-state index contributed by atoms with van der Waals surface area (Å²) in [4.78, 5) is 13.7. The zero-order chi connectivity index (χ0) is 11.9. The van der Waals surface area contributed by atoms with Crippen molar-refractivity contribution in [2.75, 3.05) is 20.2 Å². The van der Waals surface area contributed by atoms with Crippen molar-refractivity contribution in [1.82, 2.24) is 4.90 Å². The molecule has 0 atom stereocenters. The van der Waals surface area contributed by atoms with Gasteiger partial charge in [-0.1, -0.05) is 20.8 Å². The van der Waals surface area contributed by atoms with Gasteiger partial charge in [0.1, 0.15) is 0 Å². The van der Waals surface area contributed by atoms with Gasteiger partial charge in [-0.3, -0.25) is 4.79 Å². The highest BCUT2D eigenvalue weighted by molar-refractivity contribution is 5.81. The lowest BCUT2D eigenvalue weighted by Crippen LogP contribution is -2.38. The van der Waals surface area contributed by atoms with E-state index in [9.17, 15) is 4.79 Å². The minimum Gasteiger partial charge on any atom is -0.396 e. The van der Waals surface area contributed by atoms with E-state index < -0.39 is 0 Å². The smallest absolute Gasteiger partial charge is 0.227 e. The number of unbranched alkanes of at least 4 members (excludes halogenated alkanes) is 2. The average molecular weight is 215 g/mol. The Morgan fingerprint density at radius 2 is 1.87 bits per heavy atom. The summed E-state index contributed by atoms with van der Waals surface area (Å²) in [5.41, 5.74) is -0.244. The van der Waals surface area contributed by atoms with Crippen LogP contribution < -0.4 is 0 Å². The van der Waals surface area contributed by atoms with Gasteiger partial charge < -0.3 is 10.0 Å². The highest BCUT2D eigenvalue weighted by atomic mass is 16.2. The SMILES string of the molecule is CCC(C)(C)C(=O)N(C)CCCCCO. The van der Waals surface area contributed by atoms with Gasteiger partial charge in [-0.05, 0) is 25.7 Å². The second-order valence-corrected chi connectivity index (χ2v) is 4.75. The molecule has 90 valence electrons. The summed E-state index contributed by atoms with van der Waals surface area (Å²) in [6.07, 6.45) is 3.66. The second-order valence-electron chi connectivity index (χ2n) is 4.75. The maximum absolute atomic E-state index is 11.9. The Morgan fingerprint density at radius 1 is 1.27 bits per heavy atom. The van der Waals surface area contributed by atoms with Crippen molar-refractivity contribution in [3.8, 4) is 0 Å². The van der Waals surface area contributed by atoms with Crippen LogP contribution in [0, 0.1) is 5.41 Å². The fraction of sp³-hybridized carbons (Fsp3) is 0.917. The quantitative estimate of drug-likeness (QED) is 0.660. The Kier molecular flexibility index (Phi) is 6.57. The summed E-state index contributed by atoms with van der Waals surface area (Å²) < 4.78 is 0. The van der Waals surface area contributed by atoms with Gasteiger partial charge in [0.15, 0.2) is 0 Å². The first kappa shape index (κ1) is 14.4. The molecule has 1 amide bonds. The van der Waals surface area contributed by atoms with Crippen LogP contribution in [0.1, 0.15) is 46.5 Å².